The van der Waals surface area contributed by atoms with Crippen molar-refractivity contribution in [2.75, 3.05) is 0 Å². The first-order chi connectivity index (χ1) is 7.83. The minimum Gasteiger partial charge on any atom is -0.192 e. The molecule has 0 N–H and O–H groups in total. The van der Waals surface area contributed by atoms with E-state index in [1.165, 1.54) is 0 Å². The van der Waals surface area contributed by atoms with Crippen LogP contribution >= 0.6 is 0 Å². The average Bonchev–Trinajstić information content (AvgIpc) is 2.39. The number of benzene rings is 2. The first-order valence-electron chi connectivity index (χ1n) is 4.76. The Morgan fingerprint density at radius 1 is 0.938 bits per heavy atom. The van der Waals surface area contributed by atoms with Gasteiger partial charge in [-0.25, -0.2) is 0 Å². The van der Waals surface area contributed by atoms with Gasteiger partial charge in [0.2, 0.25) is 0 Å². The van der Waals surface area contributed by atoms with Gasteiger partial charge in [0.05, 0.1) is 23.3 Å². The minimum atomic E-state index is 0.594. The highest BCUT2D eigenvalue weighted by molar-refractivity contribution is 5.66. The molecular formula is C14H7N2. The maximum atomic E-state index is 8.80. The van der Waals surface area contributed by atoms with Gasteiger partial charge in [-0.05, 0) is 41.5 Å². The molecule has 2 heteroatoms. The third-order valence-corrected chi connectivity index (χ3v) is 2.23. The molecule has 0 atom stereocenters. The Morgan fingerprint density at radius 2 is 1.69 bits per heavy atom. The highest BCUT2D eigenvalue weighted by Gasteiger charge is 2.00. The van der Waals surface area contributed by atoms with Crippen LogP contribution in [0.5, 0.6) is 0 Å². The molecule has 2 rings (SSSR count). The van der Waals surface area contributed by atoms with Crippen LogP contribution in [0.25, 0.3) is 11.1 Å². The Balaban J connectivity index is 2.51. The van der Waals surface area contributed by atoms with Gasteiger partial charge in [-0.1, -0.05) is 18.2 Å². The van der Waals surface area contributed by atoms with Crippen molar-refractivity contribution >= 4 is 0 Å². The van der Waals surface area contributed by atoms with Crippen molar-refractivity contribution in [1.29, 1.82) is 10.5 Å². The second-order valence-electron chi connectivity index (χ2n) is 3.30. The molecule has 0 amide bonds. The van der Waals surface area contributed by atoms with E-state index in [4.69, 9.17) is 10.5 Å². The second-order valence-corrected chi connectivity index (χ2v) is 3.30. The van der Waals surface area contributed by atoms with Crippen LogP contribution in [0.3, 0.4) is 0 Å². The summed E-state index contributed by atoms with van der Waals surface area (Å²) >= 11 is 0. The lowest BCUT2D eigenvalue weighted by molar-refractivity contribution is 1.47. The van der Waals surface area contributed by atoms with Crippen LogP contribution in [0, 0.1) is 28.7 Å². The van der Waals surface area contributed by atoms with Crippen molar-refractivity contribution in [1.82, 2.24) is 0 Å². The Labute approximate surface area is 94.0 Å². The predicted molar refractivity (Wildman–Crippen MR) is 60.1 cm³/mol. The van der Waals surface area contributed by atoms with Crippen molar-refractivity contribution in [3.63, 3.8) is 0 Å². The summed E-state index contributed by atoms with van der Waals surface area (Å²) < 4.78 is 0. The monoisotopic (exact) mass is 203 g/mol. The molecule has 0 aromatic heterocycles. The minimum absolute atomic E-state index is 0.594. The number of nitrogens with zero attached hydrogens (tertiary/aromatic N) is 2. The van der Waals surface area contributed by atoms with Gasteiger partial charge in [0.15, 0.2) is 0 Å². The molecule has 0 fully saturated rings. The number of hydrogen-bond donors (Lipinski definition) is 0. The van der Waals surface area contributed by atoms with E-state index in [0.717, 1.165) is 11.1 Å². The van der Waals surface area contributed by atoms with Gasteiger partial charge in [-0.3, -0.25) is 0 Å². The molecule has 0 spiro atoms. The Kier molecular flexibility index (Phi) is 2.67. The van der Waals surface area contributed by atoms with Gasteiger partial charge in [-0.15, -0.1) is 0 Å². The normalized spacial score (nSPS) is 9.12. The molecule has 0 saturated heterocycles. The van der Waals surface area contributed by atoms with Crippen molar-refractivity contribution in [3.05, 3.63) is 59.7 Å². The second kappa shape index (κ2) is 4.29. The fourth-order valence-electron chi connectivity index (χ4n) is 1.46. The molecule has 73 valence electrons. The van der Waals surface area contributed by atoms with E-state index in [-0.39, 0.29) is 0 Å². The summed E-state index contributed by atoms with van der Waals surface area (Å²) in [4.78, 5) is 0. The molecule has 0 aliphatic heterocycles. The lowest BCUT2D eigenvalue weighted by Crippen LogP contribution is -1.82. The van der Waals surface area contributed by atoms with Crippen LogP contribution in [0.15, 0.2) is 42.5 Å². The topological polar surface area (TPSA) is 47.6 Å². The smallest absolute Gasteiger partial charge is 0.0991 e. The van der Waals surface area contributed by atoms with Gasteiger partial charge >= 0.3 is 0 Å². The van der Waals surface area contributed by atoms with Gasteiger partial charge in [-0.2, -0.15) is 10.5 Å². The van der Waals surface area contributed by atoms with E-state index in [1.807, 2.05) is 12.1 Å². The average molecular weight is 203 g/mol. The van der Waals surface area contributed by atoms with Crippen LogP contribution < -0.4 is 0 Å². The van der Waals surface area contributed by atoms with E-state index in [1.54, 1.807) is 30.3 Å². The fourth-order valence-corrected chi connectivity index (χ4v) is 1.46. The van der Waals surface area contributed by atoms with Crippen molar-refractivity contribution < 1.29 is 0 Å². The zero-order valence-corrected chi connectivity index (χ0v) is 8.44. The van der Waals surface area contributed by atoms with Gasteiger partial charge in [0, 0.05) is 0 Å². The molecular weight excluding hydrogens is 196 g/mol. The standard InChI is InChI=1S/C14H7N2/c15-9-11-3-1-5-13(7-11)14-6-2-4-12(8-14)10-16/h1-5,7-8H. The summed E-state index contributed by atoms with van der Waals surface area (Å²) in [5.41, 5.74) is 2.93. The van der Waals surface area contributed by atoms with Crippen LogP contribution in [0.1, 0.15) is 11.1 Å². The SMILES string of the molecule is N#Cc1cc[c]c(-c2cccc(C#N)c2)c1. The molecule has 0 aliphatic rings. The van der Waals surface area contributed by atoms with Crippen molar-refractivity contribution in [2.24, 2.45) is 0 Å². The maximum Gasteiger partial charge on any atom is 0.0991 e. The zero-order chi connectivity index (χ0) is 11.4. The highest BCUT2D eigenvalue weighted by Crippen LogP contribution is 2.20. The summed E-state index contributed by atoms with van der Waals surface area (Å²) in [6.07, 6.45) is 0. The molecule has 0 unspecified atom stereocenters. The van der Waals surface area contributed by atoms with Crippen molar-refractivity contribution in [2.45, 2.75) is 0 Å². The Bertz CT molecular complexity index is 545. The zero-order valence-electron chi connectivity index (χ0n) is 8.44. The van der Waals surface area contributed by atoms with Crippen LogP contribution in [0.4, 0.5) is 0 Å². The molecule has 0 saturated carbocycles. The summed E-state index contributed by atoms with van der Waals surface area (Å²) in [6, 6.07) is 19.6. The third kappa shape index (κ3) is 1.92. The lowest BCUT2D eigenvalue weighted by atomic mass is 10.0. The molecule has 2 aromatic rings. The molecule has 0 aliphatic carbocycles. The van der Waals surface area contributed by atoms with Crippen LogP contribution in [-0.4, -0.2) is 0 Å². The molecule has 2 nitrogen and oxygen atoms in total. The predicted octanol–water partition coefficient (Wildman–Crippen LogP) is 2.90. The largest absolute Gasteiger partial charge is 0.192 e. The summed E-state index contributed by atoms with van der Waals surface area (Å²) in [5, 5.41) is 17.6. The van der Waals surface area contributed by atoms with Gasteiger partial charge in [0.25, 0.3) is 0 Å². The fraction of sp³-hybridized carbons (Fsp3) is 0. The van der Waals surface area contributed by atoms with Gasteiger partial charge < -0.3 is 0 Å². The van der Waals surface area contributed by atoms with Crippen LogP contribution in [0.2, 0.25) is 0 Å². The Hall–Kier alpha value is -2.58. The van der Waals surface area contributed by atoms with Crippen LogP contribution in [-0.2, 0) is 0 Å². The quantitative estimate of drug-likeness (QED) is 0.715. The first kappa shape index (κ1) is 9.96. The molecule has 1 radical (unpaired) electrons. The third-order valence-electron chi connectivity index (χ3n) is 2.23. The molecule has 16 heavy (non-hydrogen) atoms. The van der Waals surface area contributed by atoms with Gasteiger partial charge in [0.1, 0.15) is 0 Å². The number of hydrogen-bond acceptors (Lipinski definition) is 2. The van der Waals surface area contributed by atoms with E-state index < -0.39 is 0 Å². The highest BCUT2D eigenvalue weighted by atomic mass is 14.2. The first-order valence-corrected chi connectivity index (χ1v) is 4.76. The van der Waals surface area contributed by atoms with E-state index in [2.05, 4.69) is 18.2 Å². The molecule has 0 heterocycles. The summed E-state index contributed by atoms with van der Waals surface area (Å²) in [6.45, 7) is 0. The molecule has 0 bridgehead atoms. The Morgan fingerprint density at radius 3 is 2.44 bits per heavy atom. The van der Waals surface area contributed by atoms with E-state index in [9.17, 15) is 0 Å². The van der Waals surface area contributed by atoms with E-state index >= 15 is 0 Å². The number of nitriles is 2. The summed E-state index contributed by atoms with van der Waals surface area (Å²) in [5.74, 6) is 0. The number of rotatable bonds is 1. The lowest BCUT2D eigenvalue weighted by Gasteiger charge is -2.01. The maximum absolute atomic E-state index is 8.80. The van der Waals surface area contributed by atoms with E-state index in [0.29, 0.717) is 11.1 Å². The summed E-state index contributed by atoms with van der Waals surface area (Å²) in [7, 11) is 0. The van der Waals surface area contributed by atoms with Crippen molar-refractivity contribution in [3.8, 4) is 23.3 Å². The molecule has 2 aromatic carbocycles.